The molecule has 0 saturated carbocycles. The summed E-state index contributed by atoms with van der Waals surface area (Å²) in [7, 11) is 0. The molecule has 212 valence electrons. The summed E-state index contributed by atoms with van der Waals surface area (Å²) in [6, 6.07) is 50.7. The Morgan fingerprint density at radius 3 is 1.25 bits per heavy atom. The number of anilines is 2. The van der Waals surface area contributed by atoms with E-state index in [0.29, 0.717) is 0 Å². The Morgan fingerprint density at radius 1 is 0.409 bits per heavy atom. The number of hydrogen-bond acceptors (Lipinski definition) is 1. The lowest BCUT2D eigenvalue weighted by atomic mass is 9.70. The van der Waals surface area contributed by atoms with E-state index in [-0.39, 0.29) is 16.9 Å². The molecule has 0 saturated heterocycles. The molecule has 3 aliphatic carbocycles. The molecule has 0 unspecified atom stereocenters. The number of benzene rings is 6. The van der Waals surface area contributed by atoms with Gasteiger partial charge in [-0.05, 0) is 105 Å². The largest absolute Gasteiger partial charge is 0.339 e. The van der Waals surface area contributed by atoms with Gasteiger partial charge < -0.3 is 4.90 Å². The van der Waals surface area contributed by atoms with Crippen LogP contribution in [-0.2, 0) is 10.8 Å². The standard InChI is InChI=1S/C43H35N/c1-27(2)44(28-21-23-34-30-13-5-9-17-36(30)42(3,4)40(34)25-28)29-22-24-35-33-16-8-12-20-39(33)43(41(35)26-29)37-18-10-6-14-31(37)32-15-7-11-19-38(32)43/h5-27H,1-4H3. The molecule has 1 heteroatoms. The lowest BCUT2D eigenvalue weighted by Gasteiger charge is -2.34. The Hall–Kier alpha value is -4.88. The van der Waals surface area contributed by atoms with Gasteiger partial charge in [-0.15, -0.1) is 0 Å². The minimum Gasteiger partial charge on any atom is -0.339 e. The third kappa shape index (κ3) is 3.09. The first kappa shape index (κ1) is 25.6. The Balaban J connectivity index is 1.27. The van der Waals surface area contributed by atoms with Crippen molar-refractivity contribution in [2.45, 2.75) is 44.6 Å². The second-order valence-corrected chi connectivity index (χ2v) is 13.5. The van der Waals surface area contributed by atoms with Crippen molar-refractivity contribution >= 4 is 11.4 Å². The Bertz CT molecular complexity index is 2080. The van der Waals surface area contributed by atoms with Crippen LogP contribution < -0.4 is 4.90 Å². The molecule has 6 aromatic rings. The fourth-order valence-electron chi connectivity index (χ4n) is 8.82. The van der Waals surface area contributed by atoms with E-state index in [0.717, 1.165) is 0 Å². The van der Waals surface area contributed by atoms with E-state index in [1.165, 1.54) is 78.1 Å². The zero-order valence-corrected chi connectivity index (χ0v) is 25.7. The molecule has 3 aliphatic rings. The van der Waals surface area contributed by atoms with Crippen LogP contribution in [0.4, 0.5) is 11.4 Å². The minimum absolute atomic E-state index is 0.0362. The fraction of sp³-hybridized carbons (Fsp3) is 0.163. The molecule has 0 aliphatic heterocycles. The van der Waals surface area contributed by atoms with Crippen molar-refractivity contribution in [1.82, 2.24) is 0 Å². The summed E-state index contributed by atoms with van der Waals surface area (Å²) < 4.78 is 0. The molecular formula is C43H35N. The molecule has 0 bridgehead atoms. The van der Waals surface area contributed by atoms with Crippen molar-refractivity contribution in [2.24, 2.45) is 0 Å². The Morgan fingerprint density at radius 2 is 0.773 bits per heavy atom. The Labute approximate surface area is 260 Å². The van der Waals surface area contributed by atoms with Gasteiger partial charge in [0, 0.05) is 22.8 Å². The van der Waals surface area contributed by atoms with E-state index in [2.05, 4.69) is 166 Å². The average Bonchev–Trinajstić information content (AvgIpc) is 3.60. The van der Waals surface area contributed by atoms with Crippen molar-refractivity contribution in [3.8, 4) is 33.4 Å². The maximum Gasteiger partial charge on any atom is 0.0726 e. The molecule has 1 nitrogen and oxygen atoms in total. The topological polar surface area (TPSA) is 3.24 Å². The quantitative estimate of drug-likeness (QED) is 0.206. The third-order valence-corrected chi connectivity index (χ3v) is 10.6. The van der Waals surface area contributed by atoms with E-state index in [1.807, 2.05) is 0 Å². The monoisotopic (exact) mass is 565 g/mol. The van der Waals surface area contributed by atoms with Crippen molar-refractivity contribution in [2.75, 3.05) is 4.90 Å². The van der Waals surface area contributed by atoms with Gasteiger partial charge in [0.1, 0.15) is 0 Å². The van der Waals surface area contributed by atoms with E-state index in [1.54, 1.807) is 0 Å². The van der Waals surface area contributed by atoms with Crippen LogP contribution in [0.2, 0.25) is 0 Å². The van der Waals surface area contributed by atoms with Crippen LogP contribution in [0.15, 0.2) is 133 Å². The summed E-state index contributed by atoms with van der Waals surface area (Å²) in [5.74, 6) is 0. The van der Waals surface area contributed by atoms with Gasteiger partial charge in [0.15, 0.2) is 0 Å². The summed E-state index contributed by atoms with van der Waals surface area (Å²) in [5.41, 5.74) is 18.6. The summed E-state index contributed by atoms with van der Waals surface area (Å²) in [4.78, 5) is 2.53. The van der Waals surface area contributed by atoms with Crippen molar-refractivity contribution in [3.05, 3.63) is 167 Å². The first-order valence-electron chi connectivity index (χ1n) is 15.9. The van der Waals surface area contributed by atoms with Gasteiger partial charge in [-0.2, -0.15) is 0 Å². The summed E-state index contributed by atoms with van der Waals surface area (Å²) in [5, 5.41) is 0. The number of hydrogen-bond donors (Lipinski definition) is 0. The van der Waals surface area contributed by atoms with Crippen LogP contribution in [0.1, 0.15) is 61.1 Å². The number of fused-ring (bicyclic) bond motifs is 13. The van der Waals surface area contributed by atoms with Gasteiger partial charge in [-0.1, -0.05) is 123 Å². The zero-order chi connectivity index (χ0) is 29.8. The van der Waals surface area contributed by atoms with E-state index >= 15 is 0 Å². The predicted molar refractivity (Wildman–Crippen MR) is 184 cm³/mol. The van der Waals surface area contributed by atoms with E-state index < -0.39 is 0 Å². The molecule has 1 spiro atoms. The third-order valence-electron chi connectivity index (χ3n) is 10.6. The van der Waals surface area contributed by atoms with Crippen LogP contribution >= 0.6 is 0 Å². The summed E-state index contributed by atoms with van der Waals surface area (Å²) in [6.45, 7) is 9.36. The highest BCUT2D eigenvalue weighted by molar-refractivity contribution is 5.96. The lowest BCUT2D eigenvalue weighted by Crippen LogP contribution is -2.28. The highest BCUT2D eigenvalue weighted by atomic mass is 15.2. The van der Waals surface area contributed by atoms with Gasteiger partial charge in [-0.3, -0.25) is 0 Å². The van der Waals surface area contributed by atoms with Gasteiger partial charge in [-0.25, -0.2) is 0 Å². The average molecular weight is 566 g/mol. The van der Waals surface area contributed by atoms with Gasteiger partial charge in [0.2, 0.25) is 0 Å². The second-order valence-electron chi connectivity index (χ2n) is 13.5. The molecule has 0 amide bonds. The molecule has 9 rings (SSSR count). The predicted octanol–water partition coefficient (Wildman–Crippen LogP) is 10.9. The number of rotatable bonds is 3. The smallest absolute Gasteiger partial charge is 0.0726 e. The first-order valence-corrected chi connectivity index (χ1v) is 15.9. The molecule has 0 radical (unpaired) electrons. The second kappa shape index (κ2) is 8.83. The van der Waals surface area contributed by atoms with Crippen molar-refractivity contribution < 1.29 is 0 Å². The SMILES string of the molecule is CC(C)N(c1ccc2c(c1)C(C)(C)c1ccccc1-2)c1ccc2c(c1)C1(c3ccccc3-c3ccccc31)c1ccccc1-2. The van der Waals surface area contributed by atoms with E-state index in [4.69, 9.17) is 0 Å². The highest BCUT2D eigenvalue weighted by Gasteiger charge is 2.51. The van der Waals surface area contributed by atoms with Gasteiger partial charge in [0.25, 0.3) is 0 Å². The van der Waals surface area contributed by atoms with Gasteiger partial charge >= 0.3 is 0 Å². The maximum absolute atomic E-state index is 2.53. The Kier molecular flexibility index (Phi) is 5.14. The van der Waals surface area contributed by atoms with Crippen LogP contribution in [0.25, 0.3) is 33.4 Å². The molecule has 0 N–H and O–H groups in total. The van der Waals surface area contributed by atoms with Crippen LogP contribution in [0.3, 0.4) is 0 Å². The lowest BCUT2D eigenvalue weighted by molar-refractivity contribution is 0.659. The number of nitrogens with zero attached hydrogens (tertiary/aromatic N) is 1. The normalized spacial score (nSPS) is 15.4. The zero-order valence-electron chi connectivity index (χ0n) is 25.7. The van der Waals surface area contributed by atoms with Crippen LogP contribution in [0, 0.1) is 0 Å². The van der Waals surface area contributed by atoms with Gasteiger partial charge in [0.05, 0.1) is 5.41 Å². The maximum atomic E-state index is 2.53. The first-order chi connectivity index (χ1) is 21.4. The van der Waals surface area contributed by atoms with Crippen LogP contribution in [0.5, 0.6) is 0 Å². The molecule has 6 aromatic carbocycles. The molecule has 0 aromatic heterocycles. The fourth-order valence-corrected chi connectivity index (χ4v) is 8.82. The molecule has 0 atom stereocenters. The van der Waals surface area contributed by atoms with Crippen LogP contribution in [-0.4, -0.2) is 6.04 Å². The summed E-state index contributed by atoms with van der Waals surface area (Å²) in [6.07, 6.45) is 0. The van der Waals surface area contributed by atoms with Crippen molar-refractivity contribution in [1.29, 1.82) is 0 Å². The molecule has 44 heavy (non-hydrogen) atoms. The highest BCUT2D eigenvalue weighted by Crippen LogP contribution is 2.63. The minimum atomic E-state index is -0.334. The molecule has 0 heterocycles. The molecular weight excluding hydrogens is 530 g/mol. The van der Waals surface area contributed by atoms with Crippen molar-refractivity contribution in [3.63, 3.8) is 0 Å². The summed E-state index contributed by atoms with van der Waals surface area (Å²) >= 11 is 0. The molecule has 0 fully saturated rings. The van der Waals surface area contributed by atoms with E-state index in [9.17, 15) is 0 Å².